The van der Waals surface area contributed by atoms with Gasteiger partial charge in [-0.15, -0.1) is 0 Å². The van der Waals surface area contributed by atoms with Gasteiger partial charge in [-0.2, -0.15) is 0 Å². The van der Waals surface area contributed by atoms with E-state index in [9.17, 15) is 0 Å². The number of hydrogen-bond acceptors (Lipinski definition) is 1. The lowest BCUT2D eigenvalue weighted by Gasteiger charge is -2.36. The summed E-state index contributed by atoms with van der Waals surface area (Å²) in [6.07, 6.45) is 9.68. The third-order valence-electron chi connectivity index (χ3n) is 9.45. The van der Waals surface area contributed by atoms with Crippen LogP contribution in [0, 0.1) is 6.92 Å². The Morgan fingerprint density at radius 1 is 0.617 bits per heavy atom. The summed E-state index contributed by atoms with van der Waals surface area (Å²) in [5.74, 6) is 0. The normalized spacial score (nSPS) is 13.0. The maximum atomic E-state index is 4.40. The second-order valence-corrected chi connectivity index (χ2v) is 12.0. The van der Waals surface area contributed by atoms with Crippen molar-refractivity contribution < 1.29 is 0 Å². The zero-order chi connectivity index (χ0) is 32.5. The molecule has 1 nitrogen and oxygen atoms in total. The largest absolute Gasteiger partial charge is 0.310 e. The molecule has 0 spiro atoms. The topological polar surface area (TPSA) is 3.24 Å². The standard InChI is InChI=1S/C46H37N/c1-6-18-37(7-2)47(38-27-26-33-19-16-17-20-34(33)30-38)44-31-43-45(40(9-4)39(44)8-3)41-28-25-32(5)29-42(41)46(43,35-21-12-10-13-22-35)36-23-14-11-15-24-36/h6-31H,1-4H2,5H3/b37-18+. The molecule has 0 bridgehead atoms. The smallest absolute Gasteiger partial charge is 0.0714 e. The summed E-state index contributed by atoms with van der Waals surface area (Å²) in [5.41, 5.74) is 12.9. The number of fused-ring (bicyclic) bond motifs is 4. The van der Waals surface area contributed by atoms with Crippen molar-refractivity contribution in [3.05, 3.63) is 217 Å². The molecule has 226 valence electrons. The third kappa shape index (κ3) is 4.63. The van der Waals surface area contributed by atoms with Gasteiger partial charge < -0.3 is 4.90 Å². The lowest BCUT2D eigenvalue weighted by molar-refractivity contribution is 0.767. The summed E-state index contributed by atoms with van der Waals surface area (Å²) < 4.78 is 0. The Balaban J connectivity index is 1.66. The van der Waals surface area contributed by atoms with Gasteiger partial charge in [-0.25, -0.2) is 0 Å². The van der Waals surface area contributed by atoms with Crippen LogP contribution in [0.3, 0.4) is 0 Å². The fraction of sp³-hybridized carbons (Fsp3) is 0.0435. The third-order valence-corrected chi connectivity index (χ3v) is 9.45. The van der Waals surface area contributed by atoms with E-state index in [1.807, 2.05) is 30.4 Å². The second kappa shape index (κ2) is 12.1. The molecule has 7 rings (SSSR count). The van der Waals surface area contributed by atoms with Gasteiger partial charge >= 0.3 is 0 Å². The van der Waals surface area contributed by atoms with Crippen molar-refractivity contribution in [2.24, 2.45) is 0 Å². The van der Waals surface area contributed by atoms with Crippen molar-refractivity contribution in [3.8, 4) is 11.1 Å². The Morgan fingerprint density at radius 2 is 1.26 bits per heavy atom. The summed E-state index contributed by atoms with van der Waals surface area (Å²) in [5, 5.41) is 2.35. The van der Waals surface area contributed by atoms with Gasteiger partial charge in [0.2, 0.25) is 0 Å². The minimum absolute atomic E-state index is 0.572. The molecule has 1 aliphatic carbocycles. The fourth-order valence-electron chi connectivity index (χ4n) is 7.50. The zero-order valence-corrected chi connectivity index (χ0v) is 26.8. The molecule has 6 aromatic carbocycles. The minimum Gasteiger partial charge on any atom is -0.310 e. The van der Waals surface area contributed by atoms with E-state index >= 15 is 0 Å². The van der Waals surface area contributed by atoms with Crippen LogP contribution in [0.2, 0.25) is 0 Å². The molecule has 0 heterocycles. The van der Waals surface area contributed by atoms with Crippen molar-refractivity contribution in [1.29, 1.82) is 0 Å². The fourth-order valence-corrected chi connectivity index (χ4v) is 7.50. The SMILES string of the molecule is C=C/C=C(\C=C)N(c1ccc2ccccc2c1)c1cc2c(c(C=C)c1C=C)-c1ccc(C)cc1C2(c1ccccc1)c1ccccc1. The van der Waals surface area contributed by atoms with Crippen LogP contribution in [0.1, 0.15) is 38.9 Å². The van der Waals surface area contributed by atoms with E-state index in [1.54, 1.807) is 0 Å². The van der Waals surface area contributed by atoms with Crippen molar-refractivity contribution in [3.63, 3.8) is 0 Å². The Morgan fingerprint density at radius 3 is 1.87 bits per heavy atom. The van der Waals surface area contributed by atoms with Gasteiger partial charge in [-0.05, 0) is 87.0 Å². The molecule has 1 heteroatoms. The number of anilines is 2. The first kappa shape index (κ1) is 29.8. The predicted octanol–water partition coefficient (Wildman–Crippen LogP) is 12.2. The van der Waals surface area contributed by atoms with Crippen LogP contribution >= 0.6 is 0 Å². The van der Waals surface area contributed by atoms with Crippen molar-refractivity contribution in [2.75, 3.05) is 4.90 Å². The molecule has 1 aliphatic rings. The molecule has 0 N–H and O–H groups in total. The van der Waals surface area contributed by atoms with Gasteiger partial charge in [0.05, 0.1) is 11.1 Å². The van der Waals surface area contributed by atoms with Crippen LogP contribution in [-0.2, 0) is 5.41 Å². The highest BCUT2D eigenvalue weighted by Crippen LogP contribution is 2.59. The molecule has 0 saturated heterocycles. The summed E-state index contributed by atoms with van der Waals surface area (Å²) in [6.45, 7) is 19.2. The predicted molar refractivity (Wildman–Crippen MR) is 203 cm³/mol. The summed E-state index contributed by atoms with van der Waals surface area (Å²) in [6, 6.07) is 46.1. The Bertz CT molecular complexity index is 2180. The molecule has 0 aromatic heterocycles. The number of nitrogens with zero attached hydrogens (tertiary/aromatic N) is 1. The lowest BCUT2D eigenvalue weighted by Crippen LogP contribution is -2.29. The maximum Gasteiger partial charge on any atom is 0.0714 e. The second-order valence-electron chi connectivity index (χ2n) is 12.0. The van der Waals surface area contributed by atoms with E-state index in [0.29, 0.717) is 0 Å². The molecule has 6 aromatic rings. The van der Waals surface area contributed by atoms with E-state index in [2.05, 4.69) is 166 Å². The highest BCUT2D eigenvalue weighted by Gasteiger charge is 2.47. The molecule has 0 atom stereocenters. The number of allylic oxidation sites excluding steroid dienone is 3. The zero-order valence-electron chi connectivity index (χ0n) is 26.8. The summed E-state index contributed by atoms with van der Waals surface area (Å²) in [4.78, 5) is 2.28. The molecule has 0 saturated carbocycles. The number of benzene rings is 6. The molecule has 0 radical (unpaired) electrons. The van der Waals surface area contributed by atoms with Gasteiger partial charge in [-0.1, -0.05) is 159 Å². The lowest BCUT2D eigenvalue weighted by atomic mass is 9.67. The van der Waals surface area contributed by atoms with Crippen LogP contribution in [0.5, 0.6) is 0 Å². The first-order chi connectivity index (χ1) is 23.1. The molecule has 47 heavy (non-hydrogen) atoms. The highest BCUT2D eigenvalue weighted by molar-refractivity contribution is 5.98. The number of hydrogen-bond donors (Lipinski definition) is 0. The average Bonchev–Trinajstić information content (AvgIpc) is 3.41. The highest BCUT2D eigenvalue weighted by atomic mass is 15.1. The number of aryl methyl sites for hydroxylation is 1. The Hall–Kier alpha value is -5.92. The average molecular weight is 604 g/mol. The van der Waals surface area contributed by atoms with Crippen molar-refractivity contribution in [2.45, 2.75) is 12.3 Å². The van der Waals surface area contributed by atoms with Gasteiger partial charge in [0.15, 0.2) is 0 Å². The first-order valence-corrected chi connectivity index (χ1v) is 16.0. The van der Waals surface area contributed by atoms with Gasteiger partial charge in [0, 0.05) is 16.9 Å². The van der Waals surface area contributed by atoms with Crippen molar-refractivity contribution in [1.82, 2.24) is 0 Å². The van der Waals surface area contributed by atoms with E-state index in [0.717, 1.165) is 33.6 Å². The van der Waals surface area contributed by atoms with Gasteiger partial charge in [0.1, 0.15) is 0 Å². The molecular formula is C46H37N. The Kier molecular flexibility index (Phi) is 7.67. The van der Waals surface area contributed by atoms with Gasteiger partial charge in [-0.3, -0.25) is 0 Å². The van der Waals surface area contributed by atoms with E-state index in [1.165, 1.54) is 44.3 Å². The first-order valence-electron chi connectivity index (χ1n) is 16.0. The van der Waals surface area contributed by atoms with Crippen LogP contribution in [-0.4, -0.2) is 0 Å². The van der Waals surface area contributed by atoms with Crippen LogP contribution < -0.4 is 4.90 Å². The molecule has 0 fully saturated rings. The van der Waals surface area contributed by atoms with Gasteiger partial charge in [0.25, 0.3) is 0 Å². The van der Waals surface area contributed by atoms with E-state index < -0.39 is 5.41 Å². The monoisotopic (exact) mass is 603 g/mol. The maximum absolute atomic E-state index is 4.40. The van der Waals surface area contributed by atoms with Crippen LogP contribution in [0.4, 0.5) is 11.4 Å². The number of rotatable bonds is 9. The van der Waals surface area contributed by atoms with Crippen molar-refractivity contribution >= 4 is 34.3 Å². The summed E-state index contributed by atoms with van der Waals surface area (Å²) >= 11 is 0. The van der Waals surface area contributed by atoms with Crippen LogP contribution in [0.25, 0.3) is 34.1 Å². The van der Waals surface area contributed by atoms with Crippen LogP contribution in [0.15, 0.2) is 178 Å². The molecule has 0 amide bonds. The quantitative estimate of drug-likeness (QED) is 0.148. The molecule has 0 aliphatic heterocycles. The Labute approximate surface area is 278 Å². The molecule has 0 unspecified atom stereocenters. The molecular weight excluding hydrogens is 567 g/mol. The minimum atomic E-state index is -0.572. The van der Waals surface area contributed by atoms with E-state index in [-0.39, 0.29) is 0 Å². The summed E-state index contributed by atoms with van der Waals surface area (Å²) in [7, 11) is 0. The van der Waals surface area contributed by atoms with E-state index in [4.69, 9.17) is 0 Å².